The normalized spacial score (nSPS) is 11.0. The molecule has 0 saturated heterocycles. The third-order valence-corrected chi connectivity index (χ3v) is 4.17. The van der Waals surface area contributed by atoms with Gasteiger partial charge >= 0.3 is 5.97 Å². The number of hydrogen-bond acceptors (Lipinski definition) is 4. The lowest BCUT2D eigenvalue weighted by atomic mass is 10.1. The predicted octanol–water partition coefficient (Wildman–Crippen LogP) is 2.62. The maximum absolute atomic E-state index is 12.7. The second-order valence-electron chi connectivity index (χ2n) is 5.93. The molecule has 1 rings (SSSR count). The molecule has 27 heavy (non-hydrogen) atoms. The number of para-hydroxylation sites is 1. The molecule has 0 aliphatic heterocycles. The van der Waals surface area contributed by atoms with Crippen LogP contribution in [0.25, 0.3) is 0 Å². The summed E-state index contributed by atoms with van der Waals surface area (Å²) in [5, 5.41) is 0. The molecule has 0 aliphatic rings. The standard InChI is InChI=1S/C21H28N2O4/c1-5-22(6-2)19(24)15-11-8-12-16-20(25)23(17(3)21(26)27-4)18-13-9-7-10-14-18/h7,9-10,13-14,17H,5-6,8,12,16H2,1-4H3. The van der Waals surface area contributed by atoms with E-state index in [-0.39, 0.29) is 18.2 Å². The van der Waals surface area contributed by atoms with Gasteiger partial charge in [-0.1, -0.05) is 24.1 Å². The Bertz CT molecular complexity index is 687. The molecule has 0 spiro atoms. The van der Waals surface area contributed by atoms with Crippen LogP contribution in [0.2, 0.25) is 0 Å². The molecule has 0 bridgehead atoms. The van der Waals surface area contributed by atoms with Crippen LogP contribution in [0.1, 0.15) is 40.0 Å². The molecular formula is C21H28N2O4. The topological polar surface area (TPSA) is 66.9 Å². The van der Waals surface area contributed by atoms with Gasteiger partial charge in [0.25, 0.3) is 5.91 Å². The summed E-state index contributed by atoms with van der Waals surface area (Å²) in [7, 11) is 1.30. The molecule has 0 aromatic heterocycles. The number of carbonyl (C=O) groups is 3. The van der Waals surface area contributed by atoms with Crippen LogP contribution in [-0.2, 0) is 19.1 Å². The van der Waals surface area contributed by atoms with E-state index in [0.717, 1.165) is 0 Å². The van der Waals surface area contributed by atoms with Crippen LogP contribution >= 0.6 is 0 Å². The van der Waals surface area contributed by atoms with Crippen molar-refractivity contribution in [2.45, 2.75) is 46.1 Å². The predicted molar refractivity (Wildman–Crippen MR) is 105 cm³/mol. The molecule has 0 heterocycles. The average molecular weight is 372 g/mol. The quantitative estimate of drug-likeness (QED) is 0.400. The van der Waals surface area contributed by atoms with Crippen molar-refractivity contribution in [1.82, 2.24) is 4.90 Å². The molecular weight excluding hydrogens is 344 g/mol. The molecule has 2 amide bonds. The Kier molecular flexibility index (Phi) is 9.66. The van der Waals surface area contributed by atoms with Crippen LogP contribution in [-0.4, -0.2) is 48.9 Å². The minimum absolute atomic E-state index is 0.184. The van der Waals surface area contributed by atoms with Gasteiger partial charge in [0.05, 0.1) is 7.11 Å². The largest absolute Gasteiger partial charge is 0.467 e. The van der Waals surface area contributed by atoms with E-state index in [2.05, 4.69) is 11.8 Å². The molecule has 0 N–H and O–H groups in total. The van der Waals surface area contributed by atoms with Crippen molar-refractivity contribution in [2.24, 2.45) is 0 Å². The molecule has 6 heteroatoms. The van der Waals surface area contributed by atoms with Gasteiger partial charge in [-0.25, -0.2) is 4.79 Å². The molecule has 0 radical (unpaired) electrons. The first-order valence-electron chi connectivity index (χ1n) is 9.18. The molecule has 6 nitrogen and oxygen atoms in total. The summed E-state index contributed by atoms with van der Waals surface area (Å²) in [5.41, 5.74) is 0.642. The summed E-state index contributed by atoms with van der Waals surface area (Å²) in [6.45, 7) is 6.70. The smallest absolute Gasteiger partial charge is 0.328 e. The van der Waals surface area contributed by atoms with Crippen molar-refractivity contribution in [3.63, 3.8) is 0 Å². The van der Waals surface area contributed by atoms with Gasteiger partial charge in [-0.15, -0.1) is 0 Å². The summed E-state index contributed by atoms with van der Waals surface area (Å²) in [6, 6.07) is 8.30. The first kappa shape index (κ1) is 22.2. The van der Waals surface area contributed by atoms with Gasteiger partial charge < -0.3 is 9.64 Å². The van der Waals surface area contributed by atoms with Gasteiger partial charge in [-0.2, -0.15) is 0 Å². The number of hydrogen-bond donors (Lipinski definition) is 0. The minimum atomic E-state index is -0.722. The lowest BCUT2D eigenvalue weighted by molar-refractivity contribution is -0.143. The Labute approximate surface area is 161 Å². The molecule has 1 atom stereocenters. The summed E-state index contributed by atoms with van der Waals surface area (Å²) in [5.74, 6) is 4.58. The van der Waals surface area contributed by atoms with Crippen molar-refractivity contribution >= 4 is 23.5 Å². The summed E-state index contributed by atoms with van der Waals surface area (Å²) in [6.07, 6.45) is 1.17. The van der Waals surface area contributed by atoms with E-state index >= 15 is 0 Å². The average Bonchev–Trinajstić information content (AvgIpc) is 2.68. The molecule has 1 aromatic rings. The Morgan fingerprint density at radius 1 is 1.11 bits per heavy atom. The highest BCUT2D eigenvalue weighted by atomic mass is 16.5. The van der Waals surface area contributed by atoms with Gasteiger partial charge in [0.2, 0.25) is 5.91 Å². The van der Waals surface area contributed by atoms with Gasteiger partial charge in [0, 0.05) is 31.6 Å². The molecule has 0 fully saturated rings. The van der Waals surface area contributed by atoms with Crippen molar-refractivity contribution in [3.05, 3.63) is 30.3 Å². The zero-order valence-electron chi connectivity index (χ0n) is 16.5. The van der Waals surface area contributed by atoms with E-state index in [1.54, 1.807) is 24.0 Å². The first-order chi connectivity index (χ1) is 13.0. The van der Waals surface area contributed by atoms with Crippen molar-refractivity contribution in [2.75, 3.05) is 25.1 Å². The van der Waals surface area contributed by atoms with E-state index in [1.165, 1.54) is 12.0 Å². The number of esters is 1. The Hall–Kier alpha value is -2.81. The summed E-state index contributed by atoms with van der Waals surface area (Å²) in [4.78, 5) is 39.5. The maximum Gasteiger partial charge on any atom is 0.328 e. The van der Waals surface area contributed by atoms with Crippen molar-refractivity contribution in [3.8, 4) is 11.8 Å². The number of carbonyl (C=O) groups excluding carboxylic acids is 3. The van der Waals surface area contributed by atoms with Crippen LogP contribution < -0.4 is 4.90 Å². The van der Waals surface area contributed by atoms with E-state index in [0.29, 0.717) is 31.6 Å². The van der Waals surface area contributed by atoms with Crippen LogP contribution in [0.5, 0.6) is 0 Å². The lowest BCUT2D eigenvalue weighted by Gasteiger charge is -2.27. The van der Waals surface area contributed by atoms with E-state index < -0.39 is 12.0 Å². The minimum Gasteiger partial charge on any atom is -0.467 e. The first-order valence-corrected chi connectivity index (χ1v) is 9.18. The van der Waals surface area contributed by atoms with Crippen LogP contribution in [0.4, 0.5) is 5.69 Å². The summed E-state index contributed by atoms with van der Waals surface area (Å²) < 4.78 is 4.78. The van der Waals surface area contributed by atoms with Gasteiger partial charge in [0.15, 0.2) is 0 Å². The highest BCUT2D eigenvalue weighted by Crippen LogP contribution is 2.19. The van der Waals surface area contributed by atoms with Gasteiger partial charge in [-0.3, -0.25) is 14.5 Å². The van der Waals surface area contributed by atoms with Gasteiger partial charge in [-0.05, 0) is 45.2 Å². The third kappa shape index (κ3) is 6.78. The number of methoxy groups -OCH3 is 1. The van der Waals surface area contributed by atoms with Crippen LogP contribution in [0, 0.1) is 11.8 Å². The number of anilines is 1. The highest BCUT2D eigenvalue weighted by Gasteiger charge is 2.27. The number of unbranched alkanes of at least 4 members (excludes halogenated alkanes) is 1. The molecule has 1 aromatic carbocycles. The Morgan fingerprint density at radius 2 is 1.74 bits per heavy atom. The number of amides is 2. The SMILES string of the molecule is CCN(CC)C(=O)C#CCCCC(=O)N(c1ccccc1)C(C)C(=O)OC. The number of ether oxygens (including phenoxy) is 1. The third-order valence-electron chi connectivity index (χ3n) is 4.17. The monoisotopic (exact) mass is 372 g/mol. The van der Waals surface area contributed by atoms with Crippen LogP contribution in [0.15, 0.2) is 30.3 Å². The van der Waals surface area contributed by atoms with Crippen LogP contribution in [0.3, 0.4) is 0 Å². The molecule has 1 unspecified atom stereocenters. The zero-order valence-corrected chi connectivity index (χ0v) is 16.5. The Balaban J connectivity index is 2.71. The fourth-order valence-corrected chi connectivity index (χ4v) is 2.62. The Morgan fingerprint density at radius 3 is 2.30 bits per heavy atom. The lowest BCUT2D eigenvalue weighted by Crippen LogP contribution is -2.44. The number of nitrogens with zero attached hydrogens (tertiary/aromatic N) is 2. The molecule has 0 saturated carbocycles. The summed E-state index contributed by atoms with van der Waals surface area (Å²) >= 11 is 0. The van der Waals surface area contributed by atoms with Crippen molar-refractivity contribution in [1.29, 1.82) is 0 Å². The van der Waals surface area contributed by atoms with Crippen molar-refractivity contribution < 1.29 is 19.1 Å². The fraction of sp³-hybridized carbons (Fsp3) is 0.476. The fourth-order valence-electron chi connectivity index (χ4n) is 2.62. The second-order valence-corrected chi connectivity index (χ2v) is 5.93. The van der Waals surface area contributed by atoms with E-state index in [1.807, 2.05) is 32.0 Å². The van der Waals surface area contributed by atoms with E-state index in [9.17, 15) is 14.4 Å². The second kappa shape index (κ2) is 11.7. The van der Waals surface area contributed by atoms with Gasteiger partial charge in [0.1, 0.15) is 6.04 Å². The highest BCUT2D eigenvalue weighted by molar-refractivity contribution is 5.99. The molecule has 0 aliphatic carbocycles. The zero-order chi connectivity index (χ0) is 20.2. The number of benzene rings is 1. The number of rotatable bonds is 8. The maximum atomic E-state index is 12.7. The molecule has 146 valence electrons. The van der Waals surface area contributed by atoms with E-state index in [4.69, 9.17) is 4.74 Å².